The molecule has 18 heavy (non-hydrogen) atoms. The molecule has 0 aliphatic rings. The molecule has 94 valence electrons. The molecule has 3 heteroatoms. The van der Waals surface area contributed by atoms with Crippen LogP contribution in [0.5, 0.6) is 11.5 Å². The molecule has 0 amide bonds. The highest BCUT2D eigenvalue weighted by molar-refractivity contribution is 5.33. The normalized spacial score (nSPS) is 12.2. The molecule has 0 spiro atoms. The van der Waals surface area contributed by atoms with Gasteiger partial charge < -0.3 is 9.84 Å². The van der Waals surface area contributed by atoms with Gasteiger partial charge in [0.2, 0.25) is 0 Å². The van der Waals surface area contributed by atoms with E-state index in [1.54, 1.807) is 19.2 Å². The lowest BCUT2D eigenvalue weighted by Gasteiger charge is -2.08. The molecule has 1 aromatic carbocycles. The van der Waals surface area contributed by atoms with Crippen molar-refractivity contribution in [3.8, 4) is 11.5 Å². The Labute approximate surface area is 107 Å². The number of aliphatic hydroxyl groups is 1. The Morgan fingerprint density at radius 3 is 2.67 bits per heavy atom. The van der Waals surface area contributed by atoms with Crippen LogP contribution in [0.25, 0.3) is 0 Å². The predicted molar refractivity (Wildman–Crippen MR) is 70.8 cm³/mol. The van der Waals surface area contributed by atoms with E-state index in [1.165, 1.54) is 5.56 Å². The topological polar surface area (TPSA) is 42.4 Å². The first-order valence-electron chi connectivity index (χ1n) is 6.10. The second-order valence-corrected chi connectivity index (χ2v) is 4.20. The molecule has 2 rings (SSSR count). The van der Waals surface area contributed by atoms with Gasteiger partial charge in [0.1, 0.15) is 11.5 Å². The van der Waals surface area contributed by atoms with Crippen LogP contribution in [0.15, 0.2) is 42.6 Å². The minimum Gasteiger partial charge on any atom is -0.456 e. The van der Waals surface area contributed by atoms with E-state index in [0.717, 1.165) is 12.2 Å². The Morgan fingerprint density at radius 1 is 1.22 bits per heavy atom. The van der Waals surface area contributed by atoms with Gasteiger partial charge in [-0.15, -0.1) is 0 Å². The van der Waals surface area contributed by atoms with Crippen LogP contribution >= 0.6 is 0 Å². The maximum Gasteiger partial charge on any atom is 0.145 e. The summed E-state index contributed by atoms with van der Waals surface area (Å²) in [5.74, 6) is 1.48. The number of hydrogen-bond acceptors (Lipinski definition) is 3. The van der Waals surface area contributed by atoms with Gasteiger partial charge in [-0.3, -0.25) is 4.98 Å². The fourth-order valence-electron chi connectivity index (χ4n) is 1.66. The number of aromatic nitrogens is 1. The molecule has 1 aromatic heterocycles. The van der Waals surface area contributed by atoms with Crippen molar-refractivity contribution in [2.75, 3.05) is 0 Å². The SMILES string of the molecule is CCc1cccc(Oc2ccc([C@@H](C)O)nc2)c1. The van der Waals surface area contributed by atoms with Crippen molar-refractivity contribution in [3.63, 3.8) is 0 Å². The molecule has 1 heterocycles. The van der Waals surface area contributed by atoms with Crippen molar-refractivity contribution in [2.24, 2.45) is 0 Å². The summed E-state index contributed by atoms with van der Waals surface area (Å²) in [5.41, 5.74) is 1.88. The molecule has 0 fully saturated rings. The summed E-state index contributed by atoms with van der Waals surface area (Å²) in [4.78, 5) is 4.14. The number of aliphatic hydroxyl groups excluding tert-OH is 1. The average Bonchev–Trinajstić information content (AvgIpc) is 2.39. The molecule has 1 N–H and O–H groups in total. The van der Waals surface area contributed by atoms with Crippen molar-refractivity contribution in [1.29, 1.82) is 0 Å². The van der Waals surface area contributed by atoms with E-state index in [1.807, 2.05) is 24.3 Å². The van der Waals surface area contributed by atoms with Crippen molar-refractivity contribution in [3.05, 3.63) is 53.9 Å². The summed E-state index contributed by atoms with van der Waals surface area (Å²) in [7, 11) is 0. The molecule has 2 aromatic rings. The lowest BCUT2D eigenvalue weighted by molar-refractivity contribution is 0.194. The average molecular weight is 243 g/mol. The first kappa shape index (κ1) is 12.6. The molecule has 1 atom stereocenters. The van der Waals surface area contributed by atoms with Gasteiger partial charge in [-0.25, -0.2) is 0 Å². The monoisotopic (exact) mass is 243 g/mol. The Morgan fingerprint density at radius 2 is 2.06 bits per heavy atom. The molecule has 0 saturated heterocycles. The van der Waals surface area contributed by atoms with Gasteiger partial charge in [-0.05, 0) is 43.2 Å². The highest BCUT2D eigenvalue weighted by atomic mass is 16.5. The number of nitrogens with zero attached hydrogens (tertiary/aromatic N) is 1. The van der Waals surface area contributed by atoms with Gasteiger partial charge in [0.25, 0.3) is 0 Å². The van der Waals surface area contributed by atoms with E-state index in [9.17, 15) is 5.11 Å². The zero-order valence-corrected chi connectivity index (χ0v) is 10.6. The summed E-state index contributed by atoms with van der Waals surface area (Å²) >= 11 is 0. The van der Waals surface area contributed by atoms with Crippen LogP contribution in [-0.4, -0.2) is 10.1 Å². The Kier molecular flexibility index (Phi) is 3.95. The van der Waals surface area contributed by atoms with E-state index < -0.39 is 6.10 Å². The number of hydrogen-bond donors (Lipinski definition) is 1. The van der Waals surface area contributed by atoms with Gasteiger partial charge in [0.15, 0.2) is 0 Å². The molecule has 0 radical (unpaired) electrons. The molecule has 0 saturated carbocycles. The van der Waals surface area contributed by atoms with Crippen molar-refractivity contribution < 1.29 is 9.84 Å². The minimum absolute atomic E-state index is 0.553. The lowest BCUT2D eigenvalue weighted by Crippen LogP contribution is -1.95. The maximum absolute atomic E-state index is 9.37. The van der Waals surface area contributed by atoms with E-state index in [2.05, 4.69) is 18.0 Å². The lowest BCUT2D eigenvalue weighted by atomic mass is 10.2. The van der Waals surface area contributed by atoms with Crippen LogP contribution in [0, 0.1) is 0 Å². The fraction of sp³-hybridized carbons (Fsp3) is 0.267. The molecule has 3 nitrogen and oxygen atoms in total. The van der Waals surface area contributed by atoms with E-state index in [0.29, 0.717) is 11.4 Å². The highest BCUT2D eigenvalue weighted by Gasteiger charge is 2.03. The number of benzene rings is 1. The predicted octanol–water partition coefficient (Wildman–Crippen LogP) is 3.49. The van der Waals surface area contributed by atoms with Gasteiger partial charge in [-0.2, -0.15) is 0 Å². The molecular formula is C15H17NO2. The second-order valence-electron chi connectivity index (χ2n) is 4.20. The quantitative estimate of drug-likeness (QED) is 0.893. The molecular weight excluding hydrogens is 226 g/mol. The third kappa shape index (κ3) is 3.08. The fourth-order valence-corrected chi connectivity index (χ4v) is 1.66. The Balaban J connectivity index is 2.13. The van der Waals surface area contributed by atoms with Gasteiger partial charge in [-0.1, -0.05) is 19.1 Å². The highest BCUT2D eigenvalue weighted by Crippen LogP contribution is 2.22. The van der Waals surface area contributed by atoms with Crippen LogP contribution in [0.1, 0.15) is 31.2 Å². The first-order chi connectivity index (χ1) is 8.69. The molecule has 0 bridgehead atoms. The third-order valence-corrected chi connectivity index (χ3v) is 2.73. The van der Waals surface area contributed by atoms with E-state index >= 15 is 0 Å². The summed E-state index contributed by atoms with van der Waals surface area (Å²) < 4.78 is 5.71. The van der Waals surface area contributed by atoms with Crippen LogP contribution < -0.4 is 4.74 Å². The summed E-state index contributed by atoms with van der Waals surface area (Å²) in [6, 6.07) is 11.6. The van der Waals surface area contributed by atoms with Crippen LogP contribution in [0.2, 0.25) is 0 Å². The molecule has 0 unspecified atom stereocenters. The number of rotatable bonds is 4. The number of ether oxygens (including phenoxy) is 1. The number of pyridine rings is 1. The zero-order chi connectivity index (χ0) is 13.0. The second kappa shape index (κ2) is 5.65. The summed E-state index contributed by atoms with van der Waals surface area (Å²) in [6.45, 7) is 3.80. The van der Waals surface area contributed by atoms with Gasteiger partial charge >= 0.3 is 0 Å². The number of aryl methyl sites for hydroxylation is 1. The minimum atomic E-state index is -0.553. The maximum atomic E-state index is 9.37. The standard InChI is InChI=1S/C15H17NO2/c1-3-12-5-4-6-13(9-12)18-14-7-8-15(11(2)17)16-10-14/h4-11,17H,3H2,1-2H3/t11-/m1/s1. The first-order valence-corrected chi connectivity index (χ1v) is 6.10. The van der Waals surface area contributed by atoms with Crippen LogP contribution in [0.4, 0.5) is 0 Å². The molecule has 0 aliphatic heterocycles. The largest absolute Gasteiger partial charge is 0.456 e. The van der Waals surface area contributed by atoms with Crippen LogP contribution in [0.3, 0.4) is 0 Å². The van der Waals surface area contributed by atoms with Crippen molar-refractivity contribution >= 4 is 0 Å². The van der Waals surface area contributed by atoms with Crippen molar-refractivity contribution in [1.82, 2.24) is 4.98 Å². The third-order valence-electron chi connectivity index (χ3n) is 2.73. The van der Waals surface area contributed by atoms with Crippen LogP contribution in [-0.2, 0) is 6.42 Å². The van der Waals surface area contributed by atoms with Gasteiger partial charge in [0.05, 0.1) is 18.0 Å². The van der Waals surface area contributed by atoms with Gasteiger partial charge in [0, 0.05) is 0 Å². The Hall–Kier alpha value is -1.87. The zero-order valence-electron chi connectivity index (χ0n) is 10.6. The van der Waals surface area contributed by atoms with E-state index in [4.69, 9.17) is 4.74 Å². The summed E-state index contributed by atoms with van der Waals surface area (Å²) in [6.07, 6.45) is 2.05. The smallest absolute Gasteiger partial charge is 0.145 e. The Bertz CT molecular complexity index is 506. The summed E-state index contributed by atoms with van der Waals surface area (Å²) in [5, 5.41) is 9.37. The molecule has 0 aliphatic carbocycles. The van der Waals surface area contributed by atoms with Crippen molar-refractivity contribution in [2.45, 2.75) is 26.4 Å². The van der Waals surface area contributed by atoms with E-state index in [-0.39, 0.29) is 0 Å².